The first-order valence-corrected chi connectivity index (χ1v) is 3.95. The van der Waals surface area contributed by atoms with Crippen molar-refractivity contribution >= 4 is 18.3 Å². The molecule has 0 atom stereocenters. The number of para-hydroxylation sites is 1. The Labute approximate surface area is 71.2 Å². The van der Waals surface area contributed by atoms with Crippen molar-refractivity contribution < 1.29 is 4.39 Å². The summed E-state index contributed by atoms with van der Waals surface area (Å²) in [6.45, 7) is 0. The Morgan fingerprint density at radius 2 is 2.09 bits per heavy atom. The van der Waals surface area contributed by atoms with E-state index < -0.39 is 0 Å². The normalized spacial score (nSPS) is 9.73. The summed E-state index contributed by atoms with van der Waals surface area (Å²) in [7, 11) is 1.80. The van der Waals surface area contributed by atoms with Crippen LogP contribution in [0.2, 0.25) is 0 Å². The quantitative estimate of drug-likeness (QED) is 0.527. The minimum atomic E-state index is -0.205. The molecule has 0 bridgehead atoms. The summed E-state index contributed by atoms with van der Waals surface area (Å²) in [4.78, 5) is 1.73. The number of nitrogens with zero attached hydrogens (tertiary/aromatic N) is 1. The van der Waals surface area contributed by atoms with Gasteiger partial charge in [0, 0.05) is 7.05 Å². The minimum Gasteiger partial charge on any atom is -0.363 e. The zero-order valence-electron chi connectivity index (χ0n) is 6.29. The zero-order chi connectivity index (χ0) is 8.27. The van der Waals surface area contributed by atoms with Crippen molar-refractivity contribution in [2.45, 2.75) is 0 Å². The number of hydrogen-bond donors (Lipinski definition) is 1. The summed E-state index contributed by atoms with van der Waals surface area (Å²) in [5.41, 5.74) is 0.586. The van der Waals surface area contributed by atoms with Crippen molar-refractivity contribution in [2.24, 2.45) is 0 Å². The second kappa shape index (κ2) is 3.62. The van der Waals surface area contributed by atoms with Crippen molar-refractivity contribution in [3.05, 3.63) is 30.1 Å². The third kappa shape index (κ3) is 1.87. The molecule has 0 unspecified atom stereocenters. The number of benzene rings is 1. The predicted molar refractivity (Wildman–Crippen MR) is 48.7 cm³/mol. The summed E-state index contributed by atoms with van der Waals surface area (Å²) in [6, 6.07) is 6.64. The van der Waals surface area contributed by atoms with E-state index in [0.717, 1.165) is 0 Å². The fourth-order valence-corrected chi connectivity index (χ4v) is 0.990. The van der Waals surface area contributed by atoms with Crippen LogP contribution < -0.4 is 4.90 Å². The van der Waals surface area contributed by atoms with Gasteiger partial charge >= 0.3 is 0 Å². The van der Waals surface area contributed by atoms with Crippen LogP contribution in [0, 0.1) is 5.82 Å². The standard InChI is InChI=1S/C8H10FNS/c1-10(6-11)8-5-3-2-4-7(8)9/h2-5,11H,6H2,1H3. The van der Waals surface area contributed by atoms with Gasteiger partial charge in [-0.2, -0.15) is 12.6 Å². The minimum absolute atomic E-state index is 0.205. The summed E-state index contributed by atoms with van der Waals surface area (Å²) in [6.07, 6.45) is 0. The maximum Gasteiger partial charge on any atom is 0.146 e. The van der Waals surface area contributed by atoms with E-state index in [-0.39, 0.29) is 5.82 Å². The maximum absolute atomic E-state index is 13.0. The molecule has 0 amide bonds. The Hall–Kier alpha value is -0.700. The van der Waals surface area contributed by atoms with Gasteiger partial charge in [-0.05, 0) is 12.1 Å². The van der Waals surface area contributed by atoms with Gasteiger partial charge in [0.25, 0.3) is 0 Å². The molecule has 0 saturated carbocycles. The van der Waals surface area contributed by atoms with Crippen LogP contribution in [0.3, 0.4) is 0 Å². The Morgan fingerprint density at radius 1 is 1.45 bits per heavy atom. The molecule has 0 saturated heterocycles. The van der Waals surface area contributed by atoms with Gasteiger partial charge in [0.05, 0.1) is 11.6 Å². The van der Waals surface area contributed by atoms with Gasteiger partial charge in [-0.15, -0.1) is 0 Å². The summed E-state index contributed by atoms with van der Waals surface area (Å²) < 4.78 is 13.0. The number of halogens is 1. The van der Waals surface area contributed by atoms with Gasteiger partial charge in [-0.25, -0.2) is 4.39 Å². The first-order chi connectivity index (χ1) is 5.25. The molecule has 0 aromatic heterocycles. The van der Waals surface area contributed by atoms with E-state index >= 15 is 0 Å². The van der Waals surface area contributed by atoms with Crippen molar-refractivity contribution in [3.8, 4) is 0 Å². The molecule has 1 aromatic carbocycles. The molecular formula is C8H10FNS. The molecule has 0 aliphatic rings. The first-order valence-electron chi connectivity index (χ1n) is 3.32. The monoisotopic (exact) mass is 171 g/mol. The lowest BCUT2D eigenvalue weighted by atomic mass is 10.3. The van der Waals surface area contributed by atoms with Crippen molar-refractivity contribution in [1.82, 2.24) is 0 Å². The molecule has 0 spiro atoms. The van der Waals surface area contributed by atoms with Crippen LogP contribution >= 0.6 is 12.6 Å². The maximum atomic E-state index is 13.0. The summed E-state index contributed by atoms with van der Waals surface area (Å²) in [5.74, 6) is 0.310. The predicted octanol–water partition coefficient (Wildman–Crippen LogP) is 2.15. The van der Waals surface area contributed by atoms with Crippen molar-refractivity contribution in [2.75, 3.05) is 17.8 Å². The number of rotatable bonds is 2. The molecule has 0 aliphatic carbocycles. The molecule has 1 nitrogen and oxygen atoms in total. The van der Waals surface area contributed by atoms with E-state index in [1.165, 1.54) is 6.07 Å². The molecule has 3 heteroatoms. The van der Waals surface area contributed by atoms with E-state index in [0.29, 0.717) is 11.6 Å². The average molecular weight is 171 g/mol. The van der Waals surface area contributed by atoms with Crippen LogP contribution in [0.5, 0.6) is 0 Å². The Balaban J connectivity index is 2.93. The van der Waals surface area contributed by atoms with Gasteiger partial charge in [0.15, 0.2) is 0 Å². The van der Waals surface area contributed by atoms with Gasteiger partial charge in [0.1, 0.15) is 5.82 Å². The number of thiol groups is 1. The van der Waals surface area contributed by atoms with Crippen LogP contribution in [0.15, 0.2) is 24.3 Å². The summed E-state index contributed by atoms with van der Waals surface area (Å²) >= 11 is 4.03. The van der Waals surface area contributed by atoms with E-state index in [1.807, 2.05) is 0 Å². The van der Waals surface area contributed by atoms with Gasteiger partial charge in [0.2, 0.25) is 0 Å². The fraction of sp³-hybridized carbons (Fsp3) is 0.250. The molecule has 0 radical (unpaired) electrons. The smallest absolute Gasteiger partial charge is 0.146 e. The third-order valence-electron chi connectivity index (χ3n) is 1.48. The molecule has 0 aliphatic heterocycles. The average Bonchev–Trinajstić information content (AvgIpc) is 2.04. The highest BCUT2D eigenvalue weighted by Crippen LogP contribution is 2.16. The van der Waals surface area contributed by atoms with E-state index in [9.17, 15) is 4.39 Å². The van der Waals surface area contributed by atoms with Crippen LogP contribution in [-0.2, 0) is 0 Å². The Morgan fingerprint density at radius 3 is 2.64 bits per heavy atom. The Bertz CT molecular complexity index is 239. The molecule has 1 rings (SSSR count). The van der Waals surface area contributed by atoms with Gasteiger partial charge < -0.3 is 4.90 Å². The largest absolute Gasteiger partial charge is 0.363 e. The molecule has 11 heavy (non-hydrogen) atoms. The van der Waals surface area contributed by atoms with Crippen LogP contribution in [0.25, 0.3) is 0 Å². The highest BCUT2D eigenvalue weighted by atomic mass is 32.1. The highest BCUT2D eigenvalue weighted by Gasteiger charge is 2.02. The van der Waals surface area contributed by atoms with E-state index in [1.54, 1.807) is 30.1 Å². The number of hydrogen-bond acceptors (Lipinski definition) is 2. The Kier molecular flexibility index (Phi) is 2.76. The number of anilines is 1. The van der Waals surface area contributed by atoms with E-state index in [4.69, 9.17) is 0 Å². The van der Waals surface area contributed by atoms with Gasteiger partial charge in [-0.1, -0.05) is 12.1 Å². The molecule has 0 fully saturated rings. The zero-order valence-corrected chi connectivity index (χ0v) is 7.18. The summed E-state index contributed by atoms with van der Waals surface area (Å²) in [5, 5.41) is 0. The topological polar surface area (TPSA) is 3.24 Å². The molecule has 0 heterocycles. The molecular weight excluding hydrogens is 161 g/mol. The molecule has 60 valence electrons. The van der Waals surface area contributed by atoms with Gasteiger partial charge in [-0.3, -0.25) is 0 Å². The third-order valence-corrected chi connectivity index (χ3v) is 1.90. The van der Waals surface area contributed by atoms with Crippen molar-refractivity contribution in [1.29, 1.82) is 0 Å². The second-order valence-corrected chi connectivity index (χ2v) is 2.57. The van der Waals surface area contributed by atoms with E-state index in [2.05, 4.69) is 12.6 Å². The van der Waals surface area contributed by atoms with Crippen molar-refractivity contribution in [3.63, 3.8) is 0 Å². The first kappa shape index (κ1) is 8.40. The molecule has 1 aromatic rings. The van der Waals surface area contributed by atoms with Crippen LogP contribution in [0.4, 0.5) is 10.1 Å². The molecule has 0 N–H and O–H groups in total. The second-order valence-electron chi connectivity index (χ2n) is 2.29. The lowest BCUT2D eigenvalue weighted by Gasteiger charge is -2.16. The lowest BCUT2D eigenvalue weighted by Crippen LogP contribution is -2.15. The van der Waals surface area contributed by atoms with Crippen LogP contribution in [-0.4, -0.2) is 12.9 Å². The highest BCUT2D eigenvalue weighted by molar-refractivity contribution is 7.80. The SMILES string of the molecule is CN(CS)c1ccccc1F. The fourth-order valence-electron chi connectivity index (χ4n) is 0.837. The lowest BCUT2D eigenvalue weighted by molar-refractivity contribution is 0.626. The van der Waals surface area contributed by atoms with Crippen LogP contribution in [0.1, 0.15) is 0 Å².